The van der Waals surface area contributed by atoms with Gasteiger partial charge in [-0.2, -0.15) is 0 Å². The Balaban J connectivity index is 1.66. The van der Waals surface area contributed by atoms with E-state index >= 15 is 0 Å². The number of nitrogens with zero attached hydrogens (tertiary/aromatic N) is 5. The van der Waals surface area contributed by atoms with E-state index in [1.807, 2.05) is 27.7 Å². The van der Waals surface area contributed by atoms with E-state index in [1.54, 1.807) is 35.5 Å². The van der Waals surface area contributed by atoms with Gasteiger partial charge in [0, 0.05) is 59.4 Å². The molecule has 0 N–H and O–H groups in total. The fourth-order valence-corrected chi connectivity index (χ4v) is 4.00. The summed E-state index contributed by atoms with van der Waals surface area (Å²) < 4.78 is 20.1. The molecule has 1 atom stereocenters. The van der Waals surface area contributed by atoms with Crippen LogP contribution in [0.5, 0.6) is 0 Å². The normalized spacial score (nSPS) is 17.0. The first kappa shape index (κ1) is 22.2. The van der Waals surface area contributed by atoms with Crippen LogP contribution in [-0.4, -0.2) is 57.5 Å². The number of halogens is 2. The molecule has 0 aliphatic carbocycles. The van der Waals surface area contributed by atoms with Crippen molar-refractivity contribution in [3.8, 4) is 11.3 Å². The predicted octanol–water partition coefficient (Wildman–Crippen LogP) is 4.93. The van der Waals surface area contributed by atoms with E-state index < -0.39 is 11.4 Å². The number of piperazine rings is 1. The molecule has 2 aromatic heterocycles. The van der Waals surface area contributed by atoms with Crippen molar-refractivity contribution in [2.45, 2.75) is 39.3 Å². The topological polar surface area (TPSA) is 71.5 Å². The average Bonchev–Trinajstić information content (AvgIpc) is 2.72. The molecule has 7 nitrogen and oxygen atoms in total. The zero-order valence-corrected chi connectivity index (χ0v) is 19.2. The highest BCUT2D eigenvalue weighted by atomic mass is 35.5. The van der Waals surface area contributed by atoms with Gasteiger partial charge >= 0.3 is 6.09 Å². The van der Waals surface area contributed by atoms with Gasteiger partial charge < -0.3 is 14.5 Å². The molecule has 4 rings (SSSR count). The molecule has 3 aromatic rings. The lowest BCUT2D eigenvalue weighted by Gasteiger charge is -2.40. The number of benzene rings is 1. The third-order valence-corrected chi connectivity index (χ3v) is 5.53. The van der Waals surface area contributed by atoms with Gasteiger partial charge in [-0.15, -0.1) is 10.2 Å². The summed E-state index contributed by atoms with van der Waals surface area (Å²) in [5.41, 5.74) is 0.213. The molecule has 1 amide bonds. The maximum atomic E-state index is 14.6. The Labute approximate surface area is 191 Å². The number of hydrogen-bond acceptors (Lipinski definition) is 6. The highest BCUT2D eigenvalue weighted by Gasteiger charge is 2.31. The summed E-state index contributed by atoms with van der Waals surface area (Å²) in [5, 5.41) is 10.7. The molecule has 168 valence electrons. The molecule has 3 heterocycles. The van der Waals surface area contributed by atoms with Gasteiger partial charge in [-0.3, -0.25) is 4.98 Å². The van der Waals surface area contributed by atoms with Crippen molar-refractivity contribution < 1.29 is 13.9 Å². The number of ether oxygens (including phenoxy) is 1. The van der Waals surface area contributed by atoms with Gasteiger partial charge in [0.15, 0.2) is 5.82 Å². The van der Waals surface area contributed by atoms with Crippen LogP contribution in [0.4, 0.5) is 15.0 Å². The molecule has 1 aromatic carbocycles. The van der Waals surface area contributed by atoms with E-state index in [0.29, 0.717) is 41.7 Å². The molecule has 1 aliphatic heterocycles. The summed E-state index contributed by atoms with van der Waals surface area (Å²) in [6.45, 7) is 9.13. The zero-order chi connectivity index (χ0) is 23.0. The summed E-state index contributed by atoms with van der Waals surface area (Å²) in [7, 11) is 0. The molecule has 0 radical (unpaired) electrons. The van der Waals surface area contributed by atoms with Crippen molar-refractivity contribution in [3.05, 3.63) is 47.5 Å². The van der Waals surface area contributed by atoms with Gasteiger partial charge in [0.25, 0.3) is 0 Å². The molecule has 0 spiro atoms. The number of fused-ring (bicyclic) bond motifs is 1. The van der Waals surface area contributed by atoms with Crippen LogP contribution in [0.1, 0.15) is 27.7 Å². The number of amides is 1. The first-order valence-corrected chi connectivity index (χ1v) is 10.8. The second kappa shape index (κ2) is 8.50. The third kappa shape index (κ3) is 4.46. The lowest BCUT2D eigenvalue weighted by Crippen LogP contribution is -2.55. The predicted molar refractivity (Wildman–Crippen MR) is 122 cm³/mol. The standard InChI is InChI=1S/C23H25ClFN5O2/c1-14-13-29(22(31)32-23(2,3)4)9-10-30(14)21-18-12-26-8-7-16(18)20(27-28-21)17-6-5-15(24)11-19(17)25/h5-8,11-12,14H,9-10,13H2,1-4H3/t14-/m1/s1. The molecular formula is C23H25ClFN5O2. The number of aromatic nitrogens is 3. The Morgan fingerprint density at radius 1 is 1.19 bits per heavy atom. The smallest absolute Gasteiger partial charge is 0.410 e. The van der Waals surface area contributed by atoms with Crippen molar-refractivity contribution in [3.63, 3.8) is 0 Å². The Morgan fingerprint density at radius 2 is 1.97 bits per heavy atom. The fraction of sp³-hybridized carbons (Fsp3) is 0.391. The second-order valence-corrected chi connectivity index (χ2v) is 9.32. The largest absolute Gasteiger partial charge is 0.444 e. The van der Waals surface area contributed by atoms with Crippen molar-refractivity contribution in [1.82, 2.24) is 20.1 Å². The van der Waals surface area contributed by atoms with E-state index in [1.165, 1.54) is 6.07 Å². The number of hydrogen-bond donors (Lipinski definition) is 0. The number of anilines is 1. The highest BCUT2D eigenvalue weighted by molar-refractivity contribution is 6.30. The minimum atomic E-state index is -0.544. The van der Waals surface area contributed by atoms with Crippen LogP contribution in [0, 0.1) is 5.82 Å². The van der Waals surface area contributed by atoms with Gasteiger partial charge in [0.2, 0.25) is 0 Å². The first-order chi connectivity index (χ1) is 15.1. The molecular weight excluding hydrogens is 433 g/mol. The van der Waals surface area contributed by atoms with Crippen molar-refractivity contribution >= 4 is 34.3 Å². The lowest BCUT2D eigenvalue weighted by atomic mass is 10.0. The zero-order valence-electron chi connectivity index (χ0n) is 18.5. The molecule has 32 heavy (non-hydrogen) atoms. The molecule has 0 saturated carbocycles. The van der Waals surface area contributed by atoms with E-state index in [4.69, 9.17) is 16.3 Å². The third-order valence-electron chi connectivity index (χ3n) is 5.30. The van der Waals surface area contributed by atoms with Crippen molar-refractivity contribution in [2.75, 3.05) is 24.5 Å². The Hall–Kier alpha value is -3.00. The minimum Gasteiger partial charge on any atom is -0.444 e. The Kier molecular flexibility index (Phi) is 5.90. The van der Waals surface area contributed by atoms with E-state index in [-0.39, 0.29) is 12.1 Å². The summed E-state index contributed by atoms with van der Waals surface area (Å²) in [4.78, 5) is 20.5. The van der Waals surface area contributed by atoms with E-state index in [9.17, 15) is 9.18 Å². The quantitative estimate of drug-likeness (QED) is 0.543. The van der Waals surface area contributed by atoms with E-state index in [0.717, 1.165) is 10.8 Å². The molecule has 0 bridgehead atoms. The van der Waals surface area contributed by atoms with Crippen LogP contribution in [0.25, 0.3) is 22.0 Å². The van der Waals surface area contributed by atoms with Crippen LogP contribution >= 0.6 is 11.6 Å². The SMILES string of the molecule is C[C@@H]1CN(C(=O)OC(C)(C)C)CCN1c1nnc(-c2ccc(Cl)cc2F)c2ccncc12. The van der Waals surface area contributed by atoms with Gasteiger partial charge in [0.1, 0.15) is 17.1 Å². The maximum absolute atomic E-state index is 14.6. The van der Waals surface area contributed by atoms with Gasteiger partial charge in [-0.1, -0.05) is 11.6 Å². The van der Waals surface area contributed by atoms with Crippen LogP contribution in [0.3, 0.4) is 0 Å². The summed E-state index contributed by atoms with van der Waals surface area (Å²) >= 11 is 5.91. The first-order valence-electron chi connectivity index (χ1n) is 10.4. The molecule has 9 heteroatoms. The Bertz CT molecular complexity index is 1170. The molecule has 1 saturated heterocycles. The highest BCUT2D eigenvalue weighted by Crippen LogP contribution is 2.34. The maximum Gasteiger partial charge on any atom is 0.410 e. The van der Waals surface area contributed by atoms with Crippen molar-refractivity contribution in [2.24, 2.45) is 0 Å². The average molecular weight is 458 g/mol. The fourth-order valence-electron chi connectivity index (χ4n) is 3.84. The van der Waals surface area contributed by atoms with Gasteiger partial charge in [0.05, 0.1) is 0 Å². The number of pyridine rings is 1. The van der Waals surface area contributed by atoms with Crippen LogP contribution in [-0.2, 0) is 4.74 Å². The monoisotopic (exact) mass is 457 g/mol. The van der Waals surface area contributed by atoms with Crippen LogP contribution in [0.15, 0.2) is 36.7 Å². The van der Waals surface area contributed by atoms with Gasteiger partial charge in [-0.25, -0.2) is 9.18 Å². The van der Waals surface area contributed by atoms with Crippen LogP contribution < -0.4 is 4.90 Å². The van der Waals surface area contributed by atoms with Gasteiger partial charge in [-0.05, 0) is 52.0 Å². The summed E-state index contributed by atoms with van der Waals surface area (Å²) in [6, 6.07) is 6.27. The van der Waals surface area contributed by atoms with E-state index in [2.05, 4.69) is 20.1 Å². The number of rotatable bonds is 2. The van der Waals surface area contributed by atoms with Crippen molar-refractivity contribution in [1.29, 1.82) is 0 Å². The second-order valence-electron chi connectivity index (χ2n) is 8.89. The number of carbonyl (C=O) groups is 1. The molecule has 1 aliphatic rings. The number of carbonyl (C=O) groups excluding carboxylic acids is 1. The summed E-state index contributed by atoms with van der Waals surface area (Å²) in [6.07, 6.45) is 3.04. The molecule has 1 fully saturated rings. The Morgan fingerprint density at radius 3 is 2.66 bits per heavy atom. The van der Waals surface area contributed by atoms with Crippen LogP contribution in [0.2, 0.25) is 5.02 Å². The minimum absolute atomic E-state index is 0.0212. The molecule has 0 unspecified atom stereocenters. The summed E-state index contributed by atoms with van der Waals surface area (Å²) in [5.74, 6) is 0.194. The lowest BCUT2D eigenvalue weighted by molar-refractivity contribution is 0.0218.